The van der Waals surface area contributed by atoms with Crippen molar-refractivity contribution in [2.24, 2.45) is 0 Å². The molecule has 0 aliphatic heterocycles. The average molecular weight is 270 g/mol. The first-order valence-corrected chi connectivity index (χ1v) is 7.87. The van der Waals surface area contributed by atoms with Crippen molar-refractivity contribution in [1.82, 2.24) is 0 Å². The lowest BCUT2D eigenvalue weighted by Gasteiger charge is -2.21. The Labute approximate surface area is 118 Å². The second-order valence-electron chi connectivity index (χ2n) is 5.16. The van der Waals surface area contributed by atoms with Crippen LogP contribution in [-0.2, 0) is 12.8 Å². The molecule has 3 rings (SSSR count). The van der Waals surface area contributed by atoms with Crippen molar-refractivity contribution in [1.29, 1.82) is 0 Å². The maximum atomic E-state index is 12.7. The summed E-state index contributed by atoms with van der Waals surface area (Å²) in [7, 11) is 0. The molecule has 1 aliphatic rings. The molecule has 1 heterocycles. The Morgan fingerprint density at radius 3 is 2.79 bits per heavy atom. The van der Waals surface area contributed by atoms with Crippen molar-refractivity contribution in [3.8, 4) is 0 Å². The molecule has 2 aromatic rings. The van der Waals surface area contributed by atoms with Crippen LogP contribution in [0.5, 0.6) is 0 Å². The summed E-state index contributed by atoms with van der Waals surface area (Å²) in [5, 5.41) is 2.12. The minimum atomic E-state index is 0.0856. The molecule has 1 aromatic carbocycles. The Bertz CT molecular complexity index is 580. The molecule has 0 saturated heterocycles. The van der Waals surface area contributed by atoms with E-state index in [1.54, 1.807) is 11.3 Å². The molecule has 1 nitrogen and oxygen atoms in total. The summed E-state index contributed by atoms with van der Waals surface area (Å²) in [6.07, 6.45) is 4.30. The van der Waals surface area contributed by atoms with E-state index in [0.717, 1.165) is 31.2 Å². The van der Waals surface area contributed by atoms with E-state index in [1.165, 1.54) is 16.0 Å². The largest absolute Gasteiger partial charge is 0.293 e. The highest BCUT2D eigenvalue weighted by atomic mass is 32.1. The van der Waals surface area contributed by atoms with Crippen LogP contribution in [0.4, 0.5) is 0 Å². The monoisotopic (exact) mass is 270 g/mol. The SMILES string of the molecule is CCc1ccc(C(=O)C2CCCc3sccc32)cc1. The van der Waals surface area contributed by atoms with Crippen LogP contribution in [0, 0.1) is 0 Å². The smallest absolute Gasteiger partial charge is 0.170 e. The van der Waals surface area contributed by atoms with E-state index in [9.17, 15) is 4.79 Å². The highest BCUT2D eigenvalue weighted by molar-refractivity contribution is 7.10. The predicted octanol–water partition coefficient (Wildman–Crippen LogP) is 4.61. The lowest BCUT2D eigenvalue weighted by atomic mass is 9.82. The van der Waals surface area contributed by atoms with Gasteiger partial charge < -0.3 is 0 Å². The number of aryl methyl sites for hydroxylation is 2. The maximum absolute atomic E-state index is 12.7. The third kappa shape index (κ3) is 2.37. The molecular formula is C17H18OS. The lowest BCUT2D eigenvalue weighted by Crippen LogP contribution is -2.17. The summed E-state index contributed by atoms with van der Waals surface area (Å²) in [6, 6.07) is 10.3. The maximum Gasteiger partial charge on any atom is 0.170 e. The van der Waals surface area contributed by atoms with E-state index >= 15 is 0 Å². The third-order valence-electron chi connectivity index (χ3n) is 4.02. The molecule has 19 heavy (non-hydrogen) atoms. The minimum absolute atomic E-state index is 0.0856. The van der Waals surface area contributed by atoms with Crippen LogP contribution in [0.3, 0.4) is 0 Å². The van der Waals surface area contributed by atoms with Gasteiger partial charge in [-0.2, -0.15) is 0 Å². The Morgan fingerprint density at radius 2 is 2.05 bits per heavy atom. The van der Waals surface area contributed by atoms with Crippen molar-refractivity contribution in [2.75, 3.05) is 0 Å². The quantitative estimate of drug-likeness (QED) is 0.744. The third-order valence-corrected chi connectivity index (χ3v) is 5.01. The first kappa shape index (κ1) is 12.6. The molecule has 0 spiro atoms. The van der Waals surface area contributed by atoms with Crippen molar-refractivity contribution < 1.29 is 4.79 Å². The van der Waals surface area contributed by atoms with Crippen LogP contribution < -0.4 is 0 Å². The van der Waals surface area contributed by atoms with E-state index in [-0.39, 0.29) is 5.92 Å². The van der Waals surface area contributed by atoms with Crippen molar-refractivity contribution in [3.63, 3.8) is 0 Å². The van der Waals surface area contributed by atoms with Crippen LogP contribution in [-0.4, -0.2) is 5.78 Å². The fourth-order valence-electron chi connectivity index (χ4n) is 2.86. The van der Waals surface area contributed by atoms with Gasteiger partial charge in [-0.05, 0) is 48.3 Å². The standard InChI is InChI=1S/C17H18OS/c1-2-12-6-8-13(9-7-12)17(18)15-4-3-5-16-14(15)10-11-19-16/h6-11,15H,2-5H2,1H3. The first-order valence-electron chi connectivity index (χ1n) is 6.99. The molecule has 1 atom stereocenters. The molecule has 0 saturated carbocycles. The van der Waals surface area contributed by atoms with E-state index in [2.05, 4.69) is 30.5 Å². The molecule has 1 aromatic heterocycles. The van der Waals surface area contributed by atoms with E-state index < -0.39 is 0 Å². The highest BCUT2D eigenvalue weighted by Gasteiger charge is 2.27. The molecular weight excluding hydrogens is 252 g/mol. The van der Waals surface area contributed by atoms with Gasteiger partial charge in [0.2, 0.25) is 0 Å². The number of hydrogen-bond acceptors (Lipinski definition) is 2. The molecule has 0 N–H and O–H groups in total. The van der Waals surface area contributed by atoms with Crippen molar-refractivity contribution >= 4 is 17.1 Å². The van der Waals surface area contributed by atoms with Crippen LogP contribution in [0.1, 0.15) is 52.0 Å². The molecule has 0 bridgehead atoms. The number of benzene rings is 1. The van der Waals surface area contributed by atoms with Gasteiger partial charge in [-0.25, -0.2) is 0 Å². The fourth-order valence-corrected chi connectivity index (χ4v) is 3.85. The van der Waals surface area contributed by atoms with Gasteiger partial charge in [-0.15, -0.1) is 11.3 Å². The van der Waals surface area contributed by atoms with Crippen LogP contribution in [0.25, 0.3) is 0 Å². The molecule has 0 fully saturated rings. The zero-order valence-corrected chi connectivity index (χ0v) is 12.0. The number of carbonyl (C=O) groups is 1. The first-order chi connectivity index (χ1) is 9.29. The van der Waals surface area contributed by atoms with Gasteiger partial charge in [-0.1, -0.05) is 31.2 Å². The molecule has 1 aliphatic carbocycles. The molecule has 98 valence electrons. The van der Waals surface area contributed by atoms with E-state index in [4.69, 9.17) is 0 Å². The van der Waals surface area contributed by atoms with E-state index in [1.807, 2.05) is 12.1 Å². The van der Waals surface area contributed by atoms with Gasteiger partial charge >= 0.3 is 0 Å². The highest BCUT2D eigenvalue weighted by Crippen LogP contribution is 2.36. The number of carbonyl (C=O) groups excluding carboxylic acids is 1. The molecule has 1 unspecified atom stereocenters. The van der Waals surface area contributed by atoms with Crippen molar-refractivity contribution in [2.45, 2.75) is 38.5 Å². The normalized spacial score (nSPS) is 18.1. The number of thiophene rings is 1. The van der Waals surface area contributed by atoms with Gasteiger partial charge in [0.25, 0.3) is 0 Å². The molecule has 2 heteroatoms. The summed E-state index contributed by atoms with van der Waals surface area (Å²) >= 11 is 1.80. The Morgan fingerprint density at radius 1 is 1.26 bits per heavy atom. The Hall–Kier alpha value is -1.41. The van der Waals surface area contributed by atoms with Crippen LogP contribution >= 0.6 is 11.3 Å². The summed E-state index contributed by atoms with van der Waals surface area (Å²) in [6.45, 7) is 2.13. The average Bonchev–Trinajstić information content (AvgIpc) is 2.95. The van der Waals surface area contributed by atoms with Crippen LogP contribution in [0.15, 0.2) is 35.7 Å². The lowest BCUT2D eigenvalue weighted by molar-refractivity contribution is 0.0951. The summed E-state index contributed by atoms with van der Waals surface area (Å²) in [4.78, 5) is 14.1. The van der Waals surface area contributed by atoms with Gasteiger partial charge in [-0.3, -0.25) is 4.79 Å². The van der Waals surface area contributed by atoms with Gasteiger partial charge in [0.05, 0.1) is 0 Å². The Balaban J connectivity index is 1.88. The van der Waals surface area contributed by atoms with Gasteiger partial charge in [0, 0.05) is 16.4 Å². The number of hydrogen-bond donors (Lipinski definition) is 0. The fraction of sp³-hybridized carbons (Fsp3) is 0.353. The second kappa shape index (κ2) is 5.30. The summed E-state index contributed by atoms with van der Waals surface area (Å²) in [5.41, 5.74) is 3.43. The van der Waals surface area contributed by atoms with Gasteiger partial charge in [0.1, 0.15) is 0 Å². The number of Topliss-reactive ketones (excluding diaryl/α,β-unsaturated/α-hetero) is 1. The zero-order valence-electron chi connectivity index (χ0n) is 11.2. The summed E-state index contributed by atoms with van der Waals surface area (Å²) < 4.78 is 0. The second-order valence-corrected chi connectivity index (χ2v) is 6.16. The van der Waals surface area contributed by atoms with Crippen LogP contribution in [0.2, 0.25) is 0 Å². The van der Waals surface area contributed by atoms with Gasteiger partial charge in [0.15, 0.2) is 5.78 Å². The van der Waals surface area contributed by atoms with E-state index in [0.29, 0.717) is 5.78 Å². The topological polar surface area (TPSA) is 17.1 Å². The number of rotatable bonds is 3. The summed E-state index contributed by atoms with van der Waals surface area (Å²) in [5.74, 6) is 0.379. The molecule has 0 radical (unpaired) electrons. The van der Waals surface area contributed by atoms with Crippen molar-refractivity contribution in [3.05, 3.63) is 57.3 Å². The zero-order chi connectivity index (χ0) is 13.2. The Kier molecular flexibility index (Phi) is 3.52. The number of fused-ring (bicyclic) bond motifs is 1. The molecule has 0 amide bonds. The number of ketones is 1. The minimum Gasteiger partial charge on any atom is -0.293 e. The predicted molar refractivity (Wildman–Crippen MR) is 80.1 cm³/mol.